The zero-order chi connectivity index (χ0) is 20.7. The summed E-state index contributed by atoms with van der Waals surface area (Å²) < 4.78 is 13.1. The van der Waals surface area contributed by atoms with Crippen molar-refractivity contribution in [3.63, 3.8) is 0 Å². The summed E-state index contributed by atoms with van der Waals surface area (Å²) in [6.07, 6.45) is 3.45. The number of carbonyl (C=O) groups excluding carboxylic acids is 1. The molecule has 1 fully saturated rings. The van der Waals surface area contributed by atoms with Gasteiger partial charge in [-0.1, -0.05) is 0 Å². The van der Waals surface area contributed by atoms with E-state index in [1.807, 2.05) is 47.1 Å². The second kappa shape index (κ2) is 9.77. The maximum absolute atomic E-state index is 12.1. The lowest BCUT2D eigenvalue weighted by Gasteiger charge is -2.35. The minimum atomic E-state index is -0.501. The van der Waals surface area contributed by atoms with E-state index in [0.29, 0.717) is 26.2 Å². The number of amides is 1. The van der Waals surface area contributed by atoms with Crippen molar-refractivity contribution in [2.24, 2.45) is 12.0 Å². The van der Waals surface area contributed by atoms with E-state index in [1.165, 1.54) is 0 Å². The molecule has 9 nitrogen and oxygen atoms in total. The quantitative estimate of drug-likeness (QED) is 0.604. The van der Waals surface area contributed by atoms with Crippen LogP contribution in [0.5, 0.6) is 0 Å². The van der Waals surface area contributed by atoms with Gasteiger partial charge in [0.1, 0.15) is 11.7 Å². The van der Waals surface area contributed by atoms with Gasteiger partial charge in [-0.15, -0.1) is 0 Å². The van der Waals surface area contributed by atoms with Gasteiger partial charge < -0.3 is 24.6 Å². The van der Waals surface area contributed by atoms with Crippen molar-refractivity contribution in [2.45, 2.75) is 39.4 Å². The molecule has 0 saturated carbocycles. The Kier molecular flexibility index (Phi) is 7.68. The van der Waals surface area contributed by atoms with Gasteiger partial charge in [-0.3, -0.25) is 9.67 Å². The van der Waals surface area contributed by atoms with Crippen molar-refractivity contribution < 1.29 is 14.3 Å². The summed E-state index contributed by atoms with van der Waals surface area (Å²) in [7, 11) is 3.63. The Hall–Kier alpha value is -2.29. The number of aliphatic imine (C=N–C) groups is 1. The molecule has 1 aromatic rings. The van der Waals surface area contributed by atoms with E-state index in [1.54, 1.807) is 16.6 Å². The van der Waals surface area contributed by atoms with Crippen molar-refractivity contribution in [3.05, 3.63) is 18.0 Å². The molecule has 0 aromatic carbocycles. The fourth-order valence-electron chi connectivity index (χ4n) is 2.81. The van der Waals surface area contributed by atoms with Crippen molar-refractivity contribution >= 4 is 12.1 Å². The summed E-state index contributed by atoms with van der Waals surface area (Å²) in [6.45, 7) is 11.5. The largest absolute Gasteiger partial charge is 0.444 e. The molecule has 0 aliphatic carbocycles. The number of nitrogens with zero attached hydrogens (tertiary/aromatic N) is 5. The van der Waals surface area contributed by atoms with Crippen LogP contribution < -0.4 is 5.32 Å². The molecule has 1 aromatic heterocycles. The topological polar surface area (TPSA) is 84.2 Å². The highest BCUT2D eigenvalue weighted by Gasteiger charge is 2.25. The highest BCUT2D eigenvalue weighted by atomic mass is 16.6. The van der Waals surface area contributed by atoms with Crippen molar-refractivity contribution in [1.82, 2.24) is 24.9 Å². The molecule has 1 unspecified atom stereocenters. The highest BCUT2D eigenvalue weighted by Crippen LogP contribution is 2.21. The predicted octanol–water partition coefficient (Wildman–Crippen LogP) is 1.63. The molecule has 0 spiro atoms. The van der Waals surface area contributed by atoms with E-state index in [4.69, 9.17) is 14.5 Å². The lowest BCUT2D eigenvalue weighted by molar-refractivity contribution is -0.00805. The summed E-state index contributed by atoms with van der Waals surface area (Å²) in [6, 6.07) is 0. The molecule has 9 heteroatoms. The molecule has 1 aliphatic heterocycles. The molecule has 2 rings (SSSR count). The van der Waals surface area contributed by atoms with Crippen molar-refractivity contribution in [2.75, 3.05) is 46.4 Å². The average molecular weight is 395 g/mol. The monoisotopic (exact) mass is 394 g/mol. The molecule has 2 heterocycles. The molecule has 1 atom stereocenters. The summed E-state index contributed by atoms with van der Waals surface area (Å²) in [5.74, 6) is 0.831. The predicted molar refractivity (Wildman–Crippen MR) is 108 cm³/mol. The first kappa shape index (κ1) is 22.0. The Bertz CT molecular complexity index is 667. The highest BCUT2D eigenvalue weighted by molar-refractivity contribution is 5.80. The zero-order valence-electron chi connectivity index (χ0n) is 17.9. The van der Waals surface area contributed by atoms with Crippen LogP contribution in [0.2, 0.25) is 0 Å². The first-order valence-corrected chi connectivity index (χ1v) is 9.77. The number of rotatable bonds is 5. The van der Waals surface area contributed by atoms with Crippen LogP contribution in [0.15, 0.2) is 17.4 Å². The lowest BCUT2D eigenvalue weighted by Crippen LogP contribution is -2.48. The first-order valence-electron chi connectivity index (χ1n) is 9.77. The maximum Gasteiger partial charge on any atom is 0.410 e. The zero-order valence-corrected chi connectivity index (χ0v) is 17.9. The number of likely N-dealkylation sites (N-methyl/N-ethyl adjacent to an activating group) is 1. The fraction of sp³-hybridized carbons (Fsp3) is 0.737. The van der Waals surface area contributed by atoms with Gasteiger partial charge in [0.25, 0.3) is 0 Å². The number of aromatic nitrogens is 2. The second-order valence-corrected chi connectivity index (χ2v) is 7.89. The van der Waals surface area contributed by atoms with E-state index >= 15 is 0 Å². The summed E-state index contributed by atoms with van der Waals surface area (Å²) in [4.78, 5) is 20.5. The summed E-state index contributed by atoms with van der Waals surface area (Å²) >= 11 is 0. The SMILES string of the molecule is CCNC(=NCCN(C)C(=O)OC(C)(C)C)N1CCOC(c2cnn(C)c2)C1. The standard InChI is InChI=1S/C19H34N6O3/c1-7-20-17(21-8-9-23(5)18(26)28-19(2,3)4)25-10-11-27-16(14-25)15-12-22-24(6)13-15/h12-13,16H,7-11,14H2,1-6H3,(H,20,21). The van der Waals surface area contributed by atoms with E-state index in [-0.39, 0.29) is 12.2 Å². The molecular weight excluding hydrogens is 360 g/mol. The van der Waals surface area contributed by atoms with Crippen molar-refractivity contribution in [3.8, 4) is 0 Å². The van der Waals surface area contributed by atoms with Gasteiger partial charge in [0.2, 0.25) is 0 Å². The molecule has 0 radical (unpaired) electrons. The van der Waals surface area contributed by atoms with Crippen LogP contribution >= 0.6 is 0 Å². The molecule has 1 amide bonds. The third kappa shape index (κ3) is 6.70. The smallest absolute Gasteiger partial charge is 0.410 e. The minimum absolute atomic E-state index is 0.0317. The number of morpholine rings is 1. The number of hydrogen-bond acceptors (Lipinski definition) is 5. The second-order valence-electron chi connectivity index (χ2n) is 7.89. The molecule has 28 heavy (non-hydrogen) atoms. The van der Waals surface area contributed by atoms with Gasteiger partial charge in [-0.25, -0.2) is 4.79 Å². The number of guanidine groups is 1. The third-order valence-corrected chi connectivity index (χ3v) is 4.20. The van der Waals surface area contributed by atoms with Gasteiger partial charge in [-0.2, -0.15) is 5.10 Å². The lowest BCUT2D eigenvalue weighted by atomic mass is 10.1. The Balaban J connectivity index is 1.94. The Morgan fingerprint density at radius 3 is 2.86 bits per heavy atom. The first-order chi connectivity index (χ1) is 13.2. The van der Waals surface area contributed by atoms with Gasteiger partial charge in [-0.05, 0) is 27.7 Å². The Morgan fingerprint density at radius 1 is 1.50 bits per heavy atom. The summed E-state index contributed by atoms with van der Waals surface area (Å²) in [5.41, 5.74) is 0.561. The Labute approximate surface area is 167 Å². The summed E-state index contributed by atoms with van der Waals surface area (Å²) in [5, 5.41) is 7.57. The van der Waals surface area contributed by atoms with Gasteiger partial charge in [0.15, 0.2) is 5.96 Å². The van der Waals surface area contributed by atoms with Crippen LogP contribution in [0.25, 0.3) is 0 Å². The third-order valence-electron chi connectivity index (χ3n) is 4.20. The maximum atomic E-state index is 12.1. The minimum Gasteiger partial charge on any atom is -0.444 e. The number of ether oxygens (including phenoxy) is 2. The Morgan fingerprint density at radius 2 is 2.25 bits per heavy atom. The molecular formula is C19H34N6O3. The molecule has 1 N–H and O–H groups in total. The molecule has 1 aliphatic rings. The normalized spacial score (nSPS) is 18.1. The van der Waals surface area contributed by atoms with Crippen LogP contribution in [-0.4, -0.2) is 83.6 Å². The van der Waals surface area contributed by atoms with Crippen LogP contribution in [0.4, 0.5) is 4.79 Å². The van der Waals surface area contributed by atoms with Crippen LogP contribution in [0, 0.1) is 0 Å². The number of carbonyl (C=O) groups is 1. The van der Waals surface area contributed by atoms with Crippen LogP contribution in [-0.2, 0) is 16.5 Å². The molecule has 0 bridgehead atoms. The van der Waals surface area contributed by atoms with Crippen LogP contribution in [0.1, 0.15) is 39.4 Å². The van der Waals surface area contributed by atoms with E-state index in [2.05, 4.69) is 15.3 Å². The number of aryl methyl sites for hydroxylation is 1. The van der Waals surface area contributed by atoms with E-state index < -0.39 is 5.60 Å². The van der Waals surface area contributed by atoms with Gasteiger partial charge >= 0.3 is 6.09 Å². The van der Waals surface area contributed by atoms with Crippen molar-refractivity contribution in [1.29, 1.82) is 0 Å². The van der Waals surface area contributed by atoms with Crippen LogP contribution in [0.3, 0.4) is 0 Å². The van der Waals surface area contributed by atoms with Gasteiger partial charge in [0, 0.05) is 45.5 Å². The molecule has 1 saturated heterocycles. The van der Waals surface area contributed by atoms with E-state index in [0.717, 1.165) is 24.6 Å². The number of hydrogen-bond donors (Lipinski definition) is 1. The fourth-order valence-corrected chi connectivity index (χ4v) is 2.81. The molecule has 158 valence electrons. The van der Waals surface area contributed by atoms with Gasteiger partial charge in [0.05, 0.1) is 25.9 Å². The van der Waals surface area contributed by atoms with E-state index in [9.17, 15) is 4.79 Å². The number of nitrogens with one attached hydrogen (secondary N) is 1. The average Bonchev–Trinajstić information content (AvgIpc) is 3.06.